The van der Waals surface area contributed by atoms with Crippen molar-refractivity contribution < 1.29 is 14.3 Å². The van der Waals surface area contributed by atoms with Crippen LogP contribution in [0.15, 0.2) is 35.7 Å². The van der Waals surface area contributed by atoms with Crippen molar-refractivity contribution >= 4 is 29.3 Å². The van der Waals surface area contributed by atoms with Crippen molar-refractivity contribution in [2.45, 2.75) is 5.16 Å². The summed E-state index contributed by atoms with van der Waals surface area (Å²) in [4.78, 5) is 26.8. The number of carbonyl (C=O) groups excluding carboxylic acids is 2. The van der Waals surface area contributed by atoms with Crippen LogP contribution in [0.25, 0.3) is 0 Å². The smallest absolute Gasteiger partial charge is 0.337 e. The minimum absolute atomic E-state index is 0.169. The molecule has 104 valence electrons. The average molecular weight is 292 g/mol. The molecule has 20 heavy (non-hydrogen) atoms. The summed E-state index contributed by atoms with van der Waals surface area (Å²) in [5.74, 6) is -0.366. The molecule has 0 radical (unpaired) electrons. The minimum atomic E-state index is -0.413. The molecule has 0 aliphatic rings. The number of rotatable bonds is 5. The number of H-pyrrole nitrogens is 1. The molecule has 0 saturated heterocycles. The van der Waals surface area contributed by atoms with Crippen LogP contribution in [-0.4, -0.2) is 39.9 Å². The lowest BCUT2D eigenvalue weighted by Crippen LogP contribution is -2.14. The summed E-state index contributed by atoms with van der Waals surface area (Å²) in [6.07, 6.45) is 1.38. The zero-order valence-electron chi connectivity index (χ0n) is 10.6. The Balaban J connectivity index is 1.86. The van der Waals surface area contributed by atoms with Crippen molar-refractivity contribution in [1.29, 1.82) is 0 Å². The summed E-state index contributed by atoms with van der Waals surface area (Å²) in [6, 6.07) is 6.46. The lowest BCUT2D eigenvalue weighted by Gasteiger charge is -2.05. The van der Waals surface area contributed by atoms with Crippen molar-refractivity contribution in [3.8, 4) is 0 Å². The summed E-state index contributed by atoms with van der Waals surface area (Å²) >= 11 is 1.25. The van der Waals surface area contributed by atoms with Crippen molar-refractivity contribution in [3.63, 3.8) is 0 Å². The molecule has 0 atom stereocenters. The van der Waals surface area contributed by atoms with Crippen molar-refractivity contribution in [3.05, 3.63) is 36.2 Å². The van der Waals surface area contributed by atoms with Gasteiger partial charge in [-0.15, -0.1) is 0 Å². The molecule has 2 rings (SSSR count). The van der Waals surface area contributed by atoms with E-state index in [1.165, 1.54) is 25.2 Å². The van der Waals surface area contributed by atoms with Gasteiger partial charge >= 0.3 is 5.97 Å². The van der Waals surface area contributed by atoms with Gasteiger partial charge in [0.1, 0.15) is 6.33 Å². The van der Waals surface area contributed by atoms with Crippen LogP contribution in [0.5, 0.6) is 0 Å². The van der Waals surface area contributed by atoms with E-state index < -0.39 is 5.97 Å². The van der Waals surface area contributed by atoms with Gasteiger partial charge in [0.25, 0.3) is 0 Å². The van der Waals surface area contributed by atoms with Crippen molar-refractivity contribution in [2.75, 3.05) is 18.2 Å². The second-order valence-electron chi connectivity index (χ2n) is 3.70. The molecular weight excluding hydrogens is 280 g/mol. The van der Waals surface area contributed by atoms with Crippen LogP contribution >= 0.6 is 11.8 Å². The number of nitrogens with zero attached hydrogens (tertiary/aromatic N) is 2. The predicted molar refractivity (Wildman–Crippen MR) is 73.5 cm³/mol. The predicted octanol–water partition coefficient (Wildman–Crippen LogP) is 1.32. The lowest BCUT2D eigenvalue weighted by atomic mass is 10.2. The fourth-order valence-corrected chi connectivity index (χ4v) is 1.98. The molecule has 0 unspecified atom stereocenters. The molecule has 1 heterocycles. The molecule has 0 spiro atoms. The Hall–Kier alpha value is -2.35. The molecule has 0 saturated carbocycles. The van der Waals surface area contributed by atoms with Gasteiger partial charge < -0.3 is 10.1 Å². The number of aromatic amines is 1. The minimum Gasteiger partial charge on any atom is -0.465 e. The van der Waals surface area contributed by atoms with Crippen LogP contribution in [0.1, 0.15) is 10.4 Å². The van der Waals surface area contributed by atoms with Crippen LogP contribution in [0.4, 0.5) is 5.69 Å². The summed E-state index contributed by atoms with van der Waals surface area (Å²) in [6.45, 7) is 0. The lowest BCUT2D eigenvalue weighted by molar-refractivity contribution is -0.113. The summed E-state index contributed by atoms with van der Waals surface area (Å²) in [7, 11) is 1.32. The fraction of sp³-hybridized carbons (Fsp3) is 0.167. The number of carbonyl (C=O) groups is 2. The van der Waals surface area contributed by atoms with Gasteiger partial charge in [0.15, 0.2) is 5.16 Å². The number of amides is 1. The van der Waals surface area contributed by atoms with E-state index in [9.17, 15) is 9.59 Å². The van der Waals surface area contributed by atoms with E-state index in [2.05, 4.69) is 25.2 Å². The van der Waals surface area contributed by atoms with Crippen LogP contribution in [0.3, 0.4) is 0 Å². The molecule has 0 aliphatic carbocycles. The topological polar surface area (TPSA) is 97.0 Å². The van der Waals surface area contributed by atoms with E-state index in [0.29, 0.717) is 16.4 Å². The molecule has 0 bridgehead atoms. The first-order valence-electron chi connectivity index (χ1n) is 5.65. The normalized spacial score (nSPS) is 10.1. The SMILES string of the molecule is COC(=O)c1ccc(NC(=O)CSc2ncn[nH]2)cc1. The number of thioether (sulfide) groups is 1. The molecule has 2 aromatic rings. The number of ether oxygens (including phenoxy) is 1. The molecule has 2 N–H and O–H groups in total. The average Bonchev–Trinajstić information content (AvgIpc) is 2.98. The highest BCUT2D eigenvalue weighted by molar-refractivity contribution is 7.99. The summed E-state index contributed by atoms with van der Waals surface area (Å²) < 4.78 is 4.59. The molecule has 1 aromatic heterocycles. The fourth-order valence-electron chi connectivity index (χ4n) is 1.40. The van der Waals surface area contributed by atoms with Crippen LogP contribution < -0.4 is 5.32 Å². The van der Waals surface area contributed by atoms with E-state index in [4.69, 9.17) is 0 Å². The number of nitrogens with one attached hydrogen (secondary N) is 2. The van der Waals surface area contributed by atoms with Gasteiger partial charge in [-0.2, -0.15) is 5.10 Å². The first kappa shape index (κ1) is 14.1. The number of hydrogen-bond acceptors (Lipinski definition) is 6. The van der Waals surface area contributed by atoms with Gasteiger partial charge in [-0.25, -0.2) is 9.78 Å². The van der Waals surface area contributed by atoms with E-state index >= 15 is 0 Å². The maximum atomic E-state index is 11.7. The number of esters is 1. The van der Waals surface area contributed by atoms with Gasteiger partial charge in [0.2, 0.25) is 5.91 Å². The highest BCUT2D eigenvalue weighted by atomic mass is 32.2. The van der Waals surface area contributed by atoms with Gasteiger partial charge in [0, 0.05) is 5.69 Å². The number of methoxy groups -OCH3 is 1. The largest absolute Gasteiger partial charge is 0.465 e. The van der Waals surface area contributed by atoms with Crippen molar-refractivity contribution in [1.82, 2.24) is 15.2 Å². The number of aromatic nitrogens is 3. The first-order chi connectivity index (χ1) is 9.69. The molecular formula is C12H12N4O3S. The molecule has 0 aliphatic heterocycles. The Bertz CT molecular complexity index is 583. The monoisotopic (exact) mass is 292 g/mol. The first-order valence-corrected chi connectivity index (χ1v) is 6.64. The molecule has 1 aromatic carbocycles. The van der Waals surface area contributed by atoms with Gasteiger partial charge in [0.05, 0.1) is 18.4 Å². The van der Waals surface area contributed by atoms with Crippen LogP contribution in [0, 0.1) is 0 Å². The highest BCUT2D eigenvalue weighted by Crippen LogP contribution is 2.13. The third kappa shape index (κ3) is 3.82. The van der Waals surface area contributed by atoms with Gasteiger partial charge in [-0.1, -0.05) is 11.8 Å². The maximum Gasteiger partial charge on any atom is 0.337 e. The number of anilines is 1. The second-order valence-corrected chi connectivity index (χ2v) is 4.66. The molecule has 8 heteroatoms. The van der Waals surface area contributed by atoms with E-state index in [1.54, 1.807) is 24.3 Å². The molecule has 7 nitrogen and oxygen atoms in total. The third-order valence-electron chi connectivity index (χ3n) is 2.32. The third-order valence-corrected chi connectivity index (χ3v) is 3.20. The zero-order chi connectivity index (χ0) is 14.4. The Morgan fingerprint density at radius 1 is 1.35 bits per heavy atom. The quantitative estimate of drug-likeness (QED) is 0.637. The maximum absolute atomic E-state index is 11.7. The number of benzene rings is 1. The standard InChI is InChI=1S/C12H12N4O3S/c1-19-11(18)8-2-4-9(5-3-8)15-10(17)6-20-12-13-7-14-16-12/h2-5,7H,6H2,1H3,(H,15,17)(H,13,14,16). The Labute approximate surface area is 119 Å². The van der Waals surface area contributed by atoms with E-state index in [-0.39, 0.29) is 11.7 Å². The Morgan fingerprint density at radius 3 is 2.70 bits per heavy atom. The number of hydrogen-bond donors (Lipinski definition) is 2. The van der Waals surface area contributed by atoms with Gasteiger partial charge in [-0.3, -0.25) is 9.89 Å². The molecule has 1 amide bonds. The van der Waals surface area contributed by atoms with Gasteiger partial charge in [-0.05, 0) is 24.3 Å². The van der Waals surface area contributed by atoms with Crippen LogP contribution in [0.2, 0.25) is 0 Å². The Kier molecular flexibility index (Phi) is 4.72. The van der Waals surface area contributed by atoms with E-state index in [1.807, 2.05) is 0 Å². The highest BCUT2D eigenvalue weighted by Gasteiger charge is 2.07. The van der Waals surface area contributed by atoms with Crippen LogP contribution in [-0.2, 0) is 9.53 Å². The zero-order valence-corrected chi connectivity index (χ0v) is 11.4. The second kappa shape index (κ2) is 6.71. The van der Waals surface area contributed by atoms with E-state index in [0.717, 1.165) is 0 Å². The Morgan fingerprint density at radius 2 is 2.10 bits per heavy atom. The molecule has 0 fully saturated rings. The summed E-state index contributed by atoms with van der Waals surface area (Å²) in [5.41, 5.74) is 1.04. The van der Waals surface area contributed by atoms with Crippen molar-refractivity contribution in [2.24, 2.45) is 0 Å². The summed E-state index contributed by atoms with van der Waals surface area (Å²) in [5, 5.41) is 9.64.